The van der Waals surface area contributed by atoms with Gasteiger partial charge in [-0.05, 0) is 32.1 Å². The summed E-state index contributed by atoms with van der Waals surface area (Å²) < 4.78 is 6.03. The average Bonchev–Trinajstić information content (AvgIpc) is 2.68. The Hall–Kier alpha value is -0.790. The van der Waals surface area contributed by atoms with Crippen LogP contribution in [0.1, 0.15) is 57.8 Å². The quantitative estimate of drug-likeness (QED) is 0.674. The molecule has 3 rings (SSSR count). The van der Waals surface area contributed by atoms with Crippen molar-refractivity contribution in [3.05, 3.63) is 12.2 Å². The Bertz CT molecular complexity index is 328. The Morgan fingerprint density at radius 1 is 0.941 bits per heavy atom. The molecule has 3 fully saturated rings. The maximum Gasteiger partial charge on any atom is 0.212 e. The first-order chi connectivity index (χ1) is 8.34. The number of hydrogen-bond donors (Lipinski definition) is 0. The summed E-state index contributed by atoms with van der Waals surface area (Å²) in [6, 6.07) is 0.510. The zero-order valence-electron chi connectivity index (χ0n) is 10.7. The Morgan fingerprint density at radius 3 is 2.41 bits per heavy atom. The van der Waals surface area contributed by atoms with Gasteiger partial charge in [0.05, 0.1) is 6.04 Å². The smallest absolute Gasteiger partial charge is 0.212 e. The van der Waals surface area contributed by atoms with E-state index in [-0.39, 0.29) is 0 Å². The van der Waals surface area contributed by atoms with Crippen molar-refractivity contribution in [2.45, 2.75) is 69.9 Å². The fourth-order valence-corrected chi connectivity index (χ4v) is 3.50. The Kier molecular flexibility index (Phi) is 3.21. The molecule has 0 aromatic heterocycles. The highest BCUT2D eigenvalue weighted by Crippen LogP contribution is 2.38. The molecule has 2 atom stereocenters. The van der Waals surface area contributed by atoms with Crippen LogP contribution >= 0.6 is 0 Å². The monoisotopic (exact) mass is 233 g/mol. The van der Waals surface area contributed by atoms with Crippen molar-refractivity contribution in [2.24, 2.45) is 10.9 Å². The maximum atomic E-state index is 6.03. The van der Waals surface area contributed by atoms with Crippen molar-refractivity contribution in [1.82, 2.24) is 0 Å². The lowest BCUT2D eigenvalue weighted by Crippen LogP contribution is -2.20. The third kappa shape index (κ3) is 2.27. The minimum absolute atomic E-state index is 0.401. The first-order valence-electron chi connectivity index (χ1n) is 7.28. The molecule has 0 N–H and O–H groups in total. The minimum atomic E-state index is 0.401. The summed E-state index contributed by atoms with van der Waals surface area (Å²) in [5.74, 6) is 1.49. The van der Waals surface area contributed by atoms with E-state index in [2.05, 4.69) is 6.58 Å². The molecule has 0 aromatic rings. The number of aliphatic imine (C=N–C) groups is 1. The second-order valence-corrected chi connectivity index (χ2v) is 5.80. The SMILES string of the molecule is C=C1C(=NC2CCCCC2)OC2CCCCC12. The van der Waals surface area contributed by atoms with Crippen molar-refractivity contribution in [3.63, 3.8) is 0 Å². The van der Waals surface area contributed by atoms with Gasteiger partial charge >= 0.3 is 0 Å². The topological polar surface area (TPSA) is 21.6 Å². The van der Waals surface area contributed by atoms with E-state index in [1.165, 1.54) is 63.4 Å². The van der Waals surface area contributed by atoms with E-state index in [0.29, 0.717) is 18.1 Å². The van der Waals surface area contributed by atoms with Crippen LogP contribution in [0.2, 0.25) is 0 Å². The summed E-state index contributed by atoms with van der Waals surface area (Å²) in [4.78, 5) is 4.84. The number of hydrogen-bond acceptors (Lipinski definition) is 2. The molecule has 2 aliphatic carbocycles. The summed E-state index contributed by atoms with van der Waals surface area (Å²) >= 11 is 0. The minimum Gasteiger partial charge on any atom is -0.474 e. The lowest BCUT2D eigenvalue weighted by atomic mass is 9.84. The third-order valence-electron chi connectivity index (χ3n) is 4.56. The fraction of sp³-hybridized carbons (Fsp3) is 0.800. The van der Waals surface area contributed by atoms with Crippen molar-refractivity contribution in [1.29, 1.82) is 0 Å². The second-order valence-electron chi connectivity index (χ2n) is 5.80. The van der Waals surface area contributed by atoms with Crippen LogP contribution in [0.3, 0.4) is 0 Å². The summed E-state index contributed by atoms with van der Waals surface area (Å²) in [5.41, 5.74) is 1.19. The van der Waals surface area contributed by atoms with Gasteiger partial charge in [0.15, 0.2) is 0 Å². The van der Waals surface area contributed by atoms with E-state index in [0.717, 1.165) is 5.90 Å². The molecule has 2 unspecified atom stereocenters. The summed E-state index contributed by atoms with van der Waals surface area (Å²) in [6.07, 6.45) is 12.0. The van der Waals surface area contributed by atoms with Crippen LogP contribution in [0, 0.1) is 5.92 Å². The van der Waals surface area contributed by atoms with E-state index in [1.54, 1.807) is 0 Å². The predicted octanol–water partition coefficient (Wildman–Crippen LogP) is 3.86. The molecule has 0 aromatic carbocycles. The van der Waals surface area contributed by atoms with Crippen LogP contribution in [0.5, 0.6) is 0 Å². The number of fused-ring (bicyclic) bond motifs is 1. The Morgan fingerprint density at radius 2 is 1.65 bits per heavy atom. The molecule has 94 valence electrons. The van der Waals surface area contributed by atoms with Gasteiger partial charge in [0, 0.05) is 11.5 Å². The molecule has 0 bridgehead atoms. The molecule has 0 amide bonds. The van der Waals surface area contributed by atoms with E-state index in [9.17, 15) is 0 Å². The molecule has 1 heterocycles. The van der Waals surface area contributed by atoms with Gasteiger partial charge in [-0.25, -0.2) is 4.99 Å². The lowest BCUT2D eigenvalue weighted by molar-refractivity contribution is 0.135. The van der Waals surface area contributed by atoms with Crippen LogP contribution in [0.4, 0.5) is 0 Å². The molecule has 2 saturated carbocycles. The van der Waals surface area contributed by atoms with Crippen LogP contribution < -0.4 is 0 Å². The van der Waals surface area contributed by atoms with E-state index in [4.69, 9.17) is 9.73 Å². The first-order valence-corrected chi connectivity index (χ1v) is 7.28. The van der Waals surface area contributed by atoms with Gasteiger partial charge in [0.2, 0.25) is 5.90 Å². The van der Waals surface area contributed by atoms with Crippen molar-refractivity contribution in [3.8, 4) is 0 Å². The standard InChI is InChI=1S/C15H23NO/c1-11-13-9-5-6-10-14(13)17-15(11)16-12-7-3-2-4-8-12/h12-14H,1-10H2. The molecular weight excluding hydrogens is 210 g/mol. The highest BCUT2D eigenvalue weighted by molar-refractivity contribution is 5.95. The van der Waals surface area contributed by atoms with Crippen molar-refractivity contribution in [2.75, 3.05) is 0 Å². The molecule has 2 heteroatoms. The Balaban J connectivity index is 1.70. The number of nitrogens with zero attached hydrogens (tertiary/aromatic N) is 1. The van der Waals surface area contributed by atoms with Gasteiger partial charge in [0.1, 0.15) is 6.10 Å². The summed E-state index contributed by atoms with van der Waals surface area (Å²) in [6.45, 7) is 4.23. The lowest BCUT2D eigenvalue weighted by Gasteiger charge is -2.22. The van der Waals surface area contributed by atoms with Crippen LogP contribution in [-0.4, -0.2) is 18.0 Å². The normalized spacial score (nSPS) is 36.9. The molecule has 3 aliphatic rings. The third-order valence-corrected chi connectivity index (χ3v) is 4.56. The molecule has 0 spiro atoms. The van der Waals surface area contributed by atoms with Crippen LogP contribution in [-0.2, 0) is 4.74 Å². The first kappa shape index (κ1) is 11.3. The second kappa shape index (κ2) is 4.83. The number of rotatable bonds is 1. The van der Waals surface area contributed by atoms with Gasteiger partial charge in [-0.2, -0.15) is 0 Å². The van der Waals surface area contributed by atoms with Crippen molar-refractivity contribution >= 4 is 5.90 Å². The van der Waals surface area contributed by atoms with E-state index in [1.807, 2.05) is 0 Å². The van der Waals surface area contributed by atoms with Gasteiger partial charge < -0.3 is 4.74 Å². The zero-order chi connectivity index (χ0) is 11.7. The molecule has 2 nitrogen and oxygen atoms in total. The summed E-state index contributed by atoms with van der Waals surface area (Å²) in [7, 11) is 0. The maximum absolute atomic E-state index is 6.03. The van der Waals surface area contributed by atoms with Gasteiger partial charge in [-0.1, -0.05) is 32.3 Å². The van der Waals surface area contributed by atoms with Gasteiger partial charge in [0.25, 0.3) is 0 Å². The Labute approximate surface area is 104 Å². The highest BCUT2D eigenvalue weighted by Gasteiger charge is 2.38. The van der Waals surface area contributed by atoms with Crippen molar-refractivity contribution < 1.29 is 4.74 Å². The number of ether oxygens (including phenoxy) is 1. The average molecular weight is 233 g/mol. The summed E-state index contributed by atoms with van der Waals surface area (Å²) in [5, 5.41) is 0. The predicted molar refractivity (Wildman–Crippen MR) is 70.3 cm³/mol. The van der Waals surface area contributed by atoms with E-state index >= 15 is 0 Å². The van der Waals surface area contributed by atoms with Crippen LogP contribution in [0.15, 0.2) is 17.1 Å². The van der Waals surface area contributed by atoms with Gasteiger partial charge in [-0.3, -0.25) is 0 Å². The molecule has 0 radical (unpaired) electrons. The highest BCUT2D eigenvalue weighted by atomic mass is 16.5. The van der Waals surface area contributed by atoms with Crippen LogP contribution in [0.25, 0.3) is 0 Å². The van der Waals surface area contributed by atoms with Gasteiger partial charge in [-0.15, -0.1) is 0 Å². The van der Waals surface area contributed by atoms with E-state index < -0.39 is 0 Å². The molecule has 1 aliphatic heterocycles. The molecular formula is C15H23NO. The fourth-order valence-electron chi connectivity index (χ4n) is 3.50. The molecule has 17 heavy (non-hydrogen) atoms. The zero-order valence-corrected chi connectivity index (χ0v) is 10.7. The largest absolute Gasteiger partial charge is 0.474 e. The molecule has 1 saturated heterocycles.